The van der Waals surface area contributed by atoms with E-state index in [-0.39, 0.29) is 11.9 Å². The van der Waals surface area contributed by atoms with Crippen molar-refractivity contribution in [3.05, 3.63) is 130 Å². The van der Waals surface area contributed by atoms with Gasteiger partial charge in [-0.05, 0) is 73.1 Å². The maximum Gasteiger partial charge on any atom is 0.225 e. The van der Waals surface area contributed by atoms with Gasteiger partial charge < -0.3 is 5.32 Å². The molecule has 34 heavy (non-hydrogen) atoms. The van der Waals surface area contributed by atoms with Crippen LogP contribution in [0.4, 0.5) is 0 Å². The molecule has 4 heteroatoms. The molecule has 4 aromatic rings. The lowest BCUT2D eigenvalue weighted by molar-refractivity contribution is -0.121. The van der Waals surface area contributed by atoms with Gasteiger partial charge in [0.15, 0.2) is 0 Å². The van der Waals surface area contributed by atoms with Gasteiger partial charge in [-0.3, -0.25) is 14.8 Å². The zero-order chi connectivity index (χ0) is 23.8. The molecule has 0 aliphatic heterocycles. The summed E-state index contributed by atoms with van der Waals surface area (Å²) in [6, 6.07) is 26.3. The Morgan fingerprint density at radius 3 is 2.29 bits per heavy atom. The van der Waals surface area contributed by atoms with Gasteiger partial charge in [0.25, 0.3) is 0 Å². The molecule has 1 N–H and O–H groups in total. The van der Waals surface area contributed by atoms with Gasteiger partial charge >= 0.3 is 0 Å². The molecule has 0 aliphatic carbocycles. The van der Waals surface area contributed by atoms with E-state index in [1.807, 2.05) is 67.8 Å². The summed E-state index contributed by atoms with van der Waals surface area (Å²) in [5.74, 6) is -0.0176. The number of carbonyl (C=O) groups excluding carboxylic acids is 1. The van der Waals surface area contributed by atoms with Gasteiger partial charge in [-0.1, -0.05) is 66.7 Å². The molecule has 4 rings (SSSR count). The number of nitrogens with one attached hydrogen (secondary N) is 1. The number of pyridine rings is 2. The molecular weight excluding hydrogens is 418 g/mol. The van der Waals surface area contributed by atoms with E-state index in [1.54, 1.807) is 0 Å². The van der Waals surface area contributed by atoms with Crippen molar-refractivity contribution in [2.45, 2.75) is 45.6 Å². The van der Waals surface area contributed by atoms with Crippen LogP contribution in [0.5, 0.6) is 0 Å². The quantitative estimate of drug-likeness (QED) is 0.356. The van der Waals surface area contributed by atoms with Crippen molar-refractivity contribution in [1.29, 1.82) is 0 Å². The van der Waals surface area contributed by atoms with E-state index in [2.05, 4.69) is 52.5 Å². The molecule has 0 aliphatic rings. The van der Waals surface area contributed by atoms with Crippen molar-refractivity contribution in [3.8, 4) is 0 Å². The maximum atomic E-state index is 12.9. The first-order valence-electron chi connectivity index (χ1n) is 11.8. The first-order valence-corrected chi connectivity index (χ1v) is 11.8. The van der Waals surface area contributed by atoms with Gasteiger partial charge in [0.1, 0.15) is 0 Å². The molecule has 2 aromatic heterocycles. The van der Waals surface area contributed by atoms with Gasteiger partial charge in [-0.25, -0.2) is 0 Å². The highest BCUT2D eigenvalue weighted by molar-refractivity contribution is 5.79. The van der Waals surface area contributed by atoms with Crippen molar-refractivity contribution in [2.24, 2.45) is 0 Å². The highest BCUT2D eigenvalue weighted by Gasteiger charge is 2.18. The van der Waals surface area contributed by atoms with E-state index in [9.17, 15) is 4.79 Å². The smallest absolute Gasteiger partial charge is 0.225 e. The topological polar surface area (TPSA) is 54.9 Å². The van der Waals surface area contributed by atoms with Gasteiger partial charge in [0, 0.05) is 18.1 Å². The Bertz CT molecular complexity index is 1200. The number of hydrogen-bond acceptors (Lipinski definition) is 3. The van der Waals surface area contributed by atoms with E-state index < -0.39 is 0 Å². The minimum absolute atomic E-state index is 0.0176. The monoisotopic (exact) mass is 449 g/mol. The van der Waals surface area contributed by atoms with Crippen LogP contribution in [0.25, 0.3) is 0 Å². The van der Waals surface area contributed by atoms with Gasteiger partial charge in [-0.15, -0.1) is 0 Å². The summed E-state index contributed by atoms with van der Waals surface area (Å²) < 4.78 is 0. The van der Waals surface area contributed by atoms with E-state index >= 15 is 0 Å². The number of benzene rings is 2. The summed E-state index contributed by atoms with van der Waals surface area (Å²) in [6.45, 7) is 4.07. The van der Waals surface area contributed by atoms with Crippen molar-refractivity contribution >= 4 is 5.91 Å². The van der Waals surface area contributed by atoms with E-state index in [1.165, 1.54) is 11.1 Å². The summed E-state index contributed by atoms with van der Waals surface area (Å²) >= 11 is 0. The molecule has 0 saturated heterocycles. The Balaban J connectivity index is 1.35. The average Bonchev–Trinajstić information content (AvgIpc) is 2.86. The lowest BCUT2D eigenvalue weighted by atomic mass is 10.0. The number of hydrogen-bond donors (Lipinski definition) is 1. The number of carbonyl (C=O) groups is 1. The zero-order valence-electron chi connectivity index (χ0n) is 19.9. The second kappa shape index (κ2) is 11.4. The Hall–Kier alpha value is -3.79. The fourth-order valence-corrected chi connectivity index (χ4v) is 4.11. The van der Waals surface area contributed by atoms with Gasteiger partial charge in [0.05, 0.1) is 18.2 Å². The predicted octanol–water partition coefficient (Wildman–Crippen LogP) is 5.72. The Kier molecular flexibility index (Phi) is 7.82. The Morgan fingerprint density at radius 2 is 1.59 bits per heavy atom. The summed E-state index contributed by atoms with van der Waals surface area (Å²) in [6.07, 6.45) is 7.13. The highest BCUT2D eigenvalue weighted by atomic mass is 16.1. The maximum absolute atomic E-state index is 12.9. The Morgan fingerprint density at radius 1 is 0.824 bits per heavy atom. The summed E-state index contributed by atoms with van der Waals surface area (Å²) in [4.78, 5) is 21.9. The lowest BCUT2D eigenvalue weighted by Crippen LogP contribution is -2.31. The van der Waals surface area contributed by atoms with Gasteiger partial charge in [-0.2, -0.15) is 0 Å². The third kappa shape index (κ3) is 6.38. The molecule has 0 bridgehead atoms. The molecule has 0 saturated carbocycles. The van der Waals surface area contributed by atoms with Crippen LogP contribution in [-0.2, 0) is 24.1 Å². The normalized spacial score (nSPS) is 11.7. The van der Waals surface area contributed by atoms with Crippen LogP contribution in [0, 0.1) is 13.8 Å². The van der Waals surface area contributed by atoms with Crippen LogP contribution in [0.15, 0.2) is 91.3 Å². The van der Waals surface area contributed by atoms with Crippen molar-refractivity contribution in [1.82, 2.24) is 15.3 Å². The summed E-state index contributed by atoms with van der Waals surface area (Å²) in [7, 11) is 0. The lowest BCUT2D eigenvalue weighted by Gasteiger charge is -2.19. The minimum atomic E-state index is -0.274. The number of nitrogens with zero attached hydrogens (tertiary/aromatic N) is 2. The molecular formula is C30H31N3O. The van der Waals surface area contributed by atoms with E-state index in [0.29, 0.717) is 6.42 Å². The second-order valence-electron chi connectivity index (χ2n) is 8.77. The highest BCUT2D eigenvalue weighted by Crippen LogP contribution is 2.21. The molecule has 1 atom stereocenters. The first-order chi connectivity index (χ1) is 16.6. The Labute approximate surface area is 202 Å². The van der Waals surface area contributed by atoms with Crippen molar-refractivity contribution < 1.29 is 4.79 Å². The molecule has 4 nitrogen and oxygen atoms in total. The zero-order valence-corrected chi connectivity index (χ0v) is 19.9. The van der Waals surface area contributed by atoms with Crippen molar-refractivity contribution in [3.63, 3.8) is 0 Å². The number of amides is 1. The summed E-state index contributed by atoms with van der Waals surface area (Å²) in [5, 5.41) is 3.18. The first kappa shape index (κ1) is 23.4. The fraction of sp³-hybridized carbons (Fsp3) is 0.233. The average molecular weight is 450 g/mol. The number of rotatable bonds is 9. The van der Waals surface area contributed by atoms with Crippen LogP contribution < -0.4 is 5.32 Å². The minimum Gasteiger partial charge on any atom is -0.343 e. The molecule has 1 unspecified atom stereocenters. The SMILES string of the molecule is Cc1ccc(C(NC(=O)Cc2ccc(CCCc3cccnc3C)cc2)c2ccccc2)nc1. The van der Waals surface area contributed by atoms with Crippen molar-refractivity contribution in [2.75, 3.05) is 0 Å². The summed E-state index contributed by atoms with van der Waals surface area (Å²) in [5.41, 5.74) is 7.67. The van der Waals surface area contributed by atoms with E-state index in [0.717, 1.165) is 47.3 Å². The van der Waals surface area contributed by atoms with E-state index in [4.69, 9.17) is 0 Å². The molecule has 0 spiro atoms. The third-order valence-electron chi connectivity index (χ3n) is 6.08. The molecule has 2 aromatic carbocycles. The second-order valence-corrected chi connectivity index (χ2v) is 8.77. The number of aryl methyl sites for hydroxylation is 4. The van der Waals surface area contributed by atoms with Crippen LogP contribution in [-0.4, -0.2) is 15.9 Å². The van der Waals surface area contributed by atoms with Gasteiger partial charge in [0.2, 0.25) is 5.91 Å². The molecule has 2 heterocycles. The van der Waals surface area contributed by atoms with Crippen LogP contribution >= 0.6 is 0 Å². The molecule has 0 fully saturated rings. The standard InChI is InChI=1S/C30H31N3O/c1-22-13-18-28(32-21-22)30(27-9-4-3-5-10-27)33-29(34)20-25-16-14-24(15-17-25)8-6-11-26-12-7-19-31-23(26)2/h3-5,7,9-10,12-19,21,30H,6,8,11,20H2,1-2H3,(H,33,34). The van der Waals surface area contributed by atoms with Crippen LogP contribution in [0.3, 0.4) is 0 Å². The number of aromatic nitrogens is 2. The molecule has 172 valence electrons. The predicted molar refractivity (Wildman–Crippen MR) is 137 cm³/mol. The molecule has 0 radical (unpaired) electrons. The van der Waals surface area contributed by atoms with Crippen LogP contribution in [0.2, 0.25) is 0 Å². The largest absolute Gasteiger partial charge is 0.343 e. The fourth-order valence-electron chi connectivity index (χ4n) is 4.11. The molecule has 1 amide bonds. The third-order valence-corrected chi connectivity index (χ3v) is 6.08. The van der Waals surface area contributed by atoms with Crippen LogP contribution in [0.1, 0.15) is 51.7 Å².